The molecular weight excluding hydrogens is 639 g/mol. The van der Waals surface area contributed by atoms with Gasteiger partial charge in [-0.15, -0.1) is 0 Å². The zero-order valence-corrected chi connectivity index (χ0v) is 26.2. The fraction of sp³-hybridized carbons (Fsp3) is 0.438. The van der Waals surface area contributed by atoms with Crippen molar-refractivity contribution in [2.45, 2.75) is 37.6 Å². The Kier molecular flexibility index (Phi) is 9.18. The van der Waals surface area contributed by atoms with Crippen LogP contribution >= 0.6 is 11.6 Å². The van der Waals surface area contributed by atoms with Crippen LogP contribution in [0, 0.1) is 5.41 Å². The van der Waals surface area contributed by atoms with Gasteiger partial charge in [0, 0.05) is 68.0 Å². The molecule has 0 saturated carbocycles. The summed E-state index contributed by atoms with van der Waals surface area (Å²) in [6.45, 7) is 3.98. The first-order valence-corrected chi connectivity index (χ1v) is 15.8. The maximum atomic E-state index is 14.8. The number of carboxylic acids is 1. The van der Waals surface area contributed by atoms with Gasteiger partial charge in [-0.1, -0.05) is 29.8 Å². The number of anilines is 2. The number of alkyl halides is 3. The van der Waals surface area contributed by atoms with Gasteiger partial charge >= 0.3 is 12.1 Å². The third-order valence-corrected chi connectivity index (χ3v) is 9.41. The van der Waals surface area contributed by atoms with Crippen LogP contribution in [0.4, 0.5) is 24.9 Å². The highest BCUT2D eigenvalue weighted by atomic mass is 35.5. The molecule has 3 aliphatic rings. The van der Waals surface area contributed by atoms with E-state index in [1.165, 1.54) is 24.3 Å². The van der Waals surface area contributed by atoms with Crippen molar-refractivity contribution in [1.29, 1.82) is 0 Å². The van der Waals surface area contributed by atoms with Gasteiger partial charge in [0.1, 0.15) is 11.9 Å². The Morgan fingerprint density at radius 3 is 2.49 bits per heavy atom. The number of aromatic nitrogens is 2. The molecule has 0 radical (unpaired) electrons. The topological polar surface area (TPSA) is 146 Å². The normalized spacial score (nSPS) is 20.3. The number of piperidine rings is 1. The second-order valence-corrected chi connectivity index (χ2v) is 12.7. The fourth-order valence-electron chi connectivity index (χ4n) is 6.64. The molecule has 1 aromatic heterocycles. The quantitative estimate of drug-likeness (QED) is 0.289. The Balaban J connectivity index is 1.26. The number of carbonyl (C=O) groups excluding carboxylic acids is 1. The lowest BCUT2D eigenvalue weighted by molar-refractivity contribution is -0.198. The first kappa shape index (κ1) is 32.8. The maximum absolute atomic E-state index is 14.8. The number of benzene rings is 2. The lowest BCUT2D eigenvalue weighted by atomic mass is 9.76. The van der Waals surface area contributed by atoms with Crippen LogP contribution in [0.2, 0.25) is 5.02 Å². The summed E-state index contributed by atoms with van der Waals surface area (Å²) in [6.07, 6.45) is -5.45. The summed E-state index contributed by atoms with van der Waals surface area (Å²) < 4.78 is 50.0. The number of nitrogens with one attached hydrogen (secondary N) is 2. The van der Waals surface area contributed by atoms with Crippen LogP contribution in [0.1, 0.15) is 41.3 Å². The van der Waals surface area contributed by atoms with Crippen molar-refractivity contribution in [2.24, 2.45) is 5.41 Å². The number of ether oxygens (including phenoxy) is 1. The summed E-state index contributed by atoms with van der Waals surface area (Å²) in [6, 6.07) is 11.2. The van der Waals surface area contributed by atoms with Crippen molar-refractivity contribution in [3.05, 3.63) is 64.7 Å². The Bertz CT molecular complexity index is 1650. The van der Waals surface area contributed by atoms with Gasteiger partial charge in [-0.2, -0.15) is 23.1 Å². The zero-order valence-electron chi connectivity index (χ0n) is 25.4. The van der Waals surface area contributed by atoms with Crippen LogP contribution in [-0.2, 0) is 4.79 Å². The average molecular weight is 674 g/mol. The summed E-state index contributed by atoms with van der Waals surface area (Å²) in [5.74, 6) is -1.37. The third-order valence-electron chi connectivity index (χ3n) is 9.17. The first-order valence-electron chi connectivity index (χ1n) is 15.4. The predicted molar refractivity (Wildman–Crippen MR) is 169 cm³/mol. The number of carboxylic acid groups (broad SMARTS) is 1. The number of nitrogens with zero attached hydrogens (tertiary/aromatic N) is 4. The minimum Gasteiger partial charge on any atom is -0.480 e. The smallest absolute Gasteiger partial charge is 0.429 e. The number of nitrogens with two attached hydrogens (primary N) is 1. The number of hydrogen-bond acceptors (Lipinski definition) is 9. The number of aliphatic carboxylic acids is 1. The number of hydrogen-bond donors (Lipinski definition) is 4. The summed E-state index contributed by atoms with van der Waals surface area (Å²) >= 11 is 6.29. The fourth-order valence-corrected chi connectivity index (χ4v) is 6.81. The van der Waals surface area contributed by atoms with Crippen LogP contribution in [0.3, 0.4) is 0 Å². The molecule has 3 aliphatic heterocycles. The molecule has 3 fully saturated rings. The van der Waals surface area contributed by atoms with Gasteiger partial charge < -0.3 is 36.0 Å². The third kappa shape index (κ3) is 7.24. The average Bonchev–Trinajstić information content (AvgIpc) is 3.47. The van der Waals surface area contributed by atoms with Crippen LogP contribution in [-0.4, -0.2) is 89.9 Å². The van der Waals surface area contributed by atoms with Crippen LogP contribution < -0.4 is 26.0 Å². The van der Waals surface area contributed by atoms with Gasteiger partial charge in [-0.05, 0) is 60.1 Å². The molecule has 3 saturated heterocycles. The minimum atomic E-state index is -4.87. The molecule has 0 aliphatic carbocycles. The predicted octanol–water partition coefficient (Wildman–Crippen LogP) is 4.14. The Hall–Kier alpha value is -4.14. The summed E-state index contributed by atoms with van der Waals surface area (Å²) in [4.78, 5) is 36.5. The summed E-state index contributed by atoms with van der Waals surface area (Å²) in [5.41, 5.74) is 6.46. The number of nitrogen functional groups attached to an aromatic ring is 1. The maximum Gasteiger partial charge on any atom is 0.429 e. The molecule has 6 rings (SSSR count). The van der Waals surface area contributed by atoms with Crippen molar-refractivity contribution < 1.29 is 32.6 Å². The van der Waals surface area contributed by atoms with E-state index in [0.717, 1.165) is 0 Å². The molecule has 2 atom stereocenters. The van der Waals surface area contributed by atoms with E-state index in [2.05, 4.69) is 20.6 Å². The molecule has 3 aromatic rings. The van der Waals surface area contributed by atoms with E-state index in [9.17, 15) is 27.9 Å². The van der Waals surface area contributed by atoms with Crippen LogP contribution in [0.15, 0.2) is 48.5 Å². The van der Waals surface area contributed by atoms with Crippen molar-refractivity contribution in [1.82, 2.24) is 25.5 Å². The number of carbonyl (C=O) groups is 2. The highest BCUT2D eigenvalue weighted by Gasteiger charge is 2.46. The number of halogens is 4. The molecule has 47 heavy (non-hydrogen) atoms. The van der Waals surface area contributed by atoms with Gasteiger partial charge in [-0.3, -0.25) is 9.59 Å². The van der Waals surface area contributed by atoms with Gasteiger partial charge in [0.2, 0.25) is 17.9 Å². The molecule has 4 heterocycles. The molecule has 1 spiro atoms. The standard InChI is InChI=1S/C32H35ClF3N7O4/c33-21-4-5-22(23(15-21)19-2-1-3-20(14-19)28(44)43-12-8-38-9-13-43)27(32(34,35)36)47-26-16-25(40-30(37)41-26)42-10-6-31(7-11-42)17-24(29(45)46)39-18-31/h1-5,14-16,24,27,38-39H,6-13,17-18H2,(H,45,46)(H2,37,40,41)/t24-,27+/m0/s1. The van der Waals surface area contributed by atoms with Crippen molar-refractivity contribution in [2.75, 3.05) is 56.4 Å². The second kappa shape index (κ2) is 13.2. The zero-order chi connectivity index (χ0) is 33.3. The molecular formula is C32H35ClF3N7O4. The molecule has 0 unspecified atom stereocenters. The Morgan fingerprint density at radius 2 is 1.81 bits per heavy atom. The van der Waals surface area contributed by atoms with Crippen molar-refractivity contribution in [3.63, 3.8) is 0 Å². The Morgan fingerprint density at radius 1 is 1.06 bits per heavy atom. The molecule has 250 valence electrons. The van der Waals surface area contributed by atoms with Crippen molar-refractivity contribution >= 4 is 35.2 Å². The summed E-state index contributed by atoms with van der Waals surface area (Å²) in [7, 11) is 0. The highest BCUT2D eigenvalue weighted by Crippen LogP contribution is 2.43. The highest BCUT2D eigenvalue weighted by molar-refractivity contribution is 6.30. The molecule has 1 amide bonds. The molecule has 0 bridgehead atoms. The van der Waals surface area contributed by atoms with Gasteiger partial charge in [0.25, 0.3) is 5.91 Å². The first-order chi connectivity index (χ1) is 22.4. The van der Waals surface area contributed by atoms with E-state index in [0.29, 0.717) is 82.0 Å². The van der Waals surface area contributed by atoms with E-state index < -0.39 is 24.3 Å². The SMILES string of the molecule is Nc1nc(O[C@H](c2ccc(Cl)cc2-c2cccc(C(=O)N3CCNCC3)c2)C(F)(F)F)cc(N2CCC3(CC2)CN[C@H](C(=O)O)C3)n1. The van der Waals surface area contributed by atoms with Gasteiger partial charge in [-0.25, -0.2) is 0 Å². The molecule has 11 nitrogen and oxygen atoms in total. The number of piperazine rings is 1. The minimum absolute atomic E-state index is 0.156. The number of amides is 1. The monoisotopic (exact) mass is 673 g/mol. The number of rotatable bonds is 7. The second-order valence-electron chi connectivity index (χ2n) is 12.3. The van der Waals surface area contributed by atoms with E-state index in [4.69, 9.17) is 22.1 Å². The van der Waals surface area contributed by atoms with Gasteiger partial charge in [0.15, 0.2) is 0 Å². The van der Waals surface area contributed by atoms with Crippen LogP contribution in [0.25, 0.3) is 11.1 Å². The largest absolute Gasteiger partial charge is 0.480 e. The van der Waals surface area contributed by atoms with Gasteiger partial charge in [0.05, 0.1) is 0 Å². The van der Waals surface area contributed by atoms with E-state index in [1.54, 1.807) is 29.2 Å². The van der Waals surface area contributed by atoms with E-state index in [1.807, 2.05) is 4.90 Å². The summed E-state index contributed by atoms with van der Waals surface area (Å²) in [5, 5.41) is 15.9. The lowest BCUT2D eigenvalue weighted by Gasteiger charge is -2.39. The Labute approximate surface area is 274 Å². The van der Waals surface area contributed by atoms with Crippen LogP contribution in [0.5, 0.6) is 5.88 Å². The van der Waals surface area contributed by atoms with E-state index >= 15 is 0 Å². The molecule has 15 heteroatoms. The van der Waals surface area contributed by atoms with E-state index in [-0.39, 0.29) is 39.3 Å². The lowest BCUT2D eigenvalue weighted by Crippen LogP contribution is -2.46. The molecule has 2 aromatic carbocycles. The van der Waals surface area contributed by atoms with Crippen molar-refractivity contribution in [3.8, 4) is 17.0 Å². The molecule has 5 N–H and O–H groups in total.